The van der Waals surface area contributed by atoms with Crippen molar-refractivity contribution in [3.05, 3.63) is 38.3 Å². The molecule has 1 aromatic heterocycles. The summed E-state index contributed by atoms with van der Waals surface area (Å²) in [6.07, 6.45) is 0. The van der Waals surface area contributed by atoms with Crippen molar-refractivity contribution in [2.75, 3.05) is 0 Å². The Kier molecular flexibility index (Phi) is 3.52. The molecule has 0 saturated heterocycles. The van der Waals surface area contributed by atoms with Gasteiger partial charge in [-0.3, -0.25) is 0 Å². The van der Waals surface area contributed by atoms with Crippen molar-refractivity contribution < 1.29 is 4.74 Å². The van der Waals surface area contributed by atoms with Crippen LogP contribution in [-0.2, 0) is 0 Å². The fraction of sp³-hybridized carbons (Fsp3) is 0.182. The molecule has 0 amide bonds. The van der Waals surface area contributed by atoms with Crippen LogP contribution in [0.4, 0.5) is 0 Å². The number of thiazole rings is 1. The first-order chi connectivity index (χ1) is 7.56. The molecule has 0 saturated carbocycles. The first-order valence-electron chi connectivity index (χ1n) is 4.62. The average molecular weight is 319 g/mol. The molecule has 16 heavy (non-hydrogen) atoms. The molecular weight excluding hydrogens is 310 g/mol. The summed E-state index contributed by atoms with van der Waals surface area (Å²) in [5, 5.41) is 3.28. The Morgan fingerprint density at radius 2 is 1.94 bits per heavy atom. The Hall–Kier alpha value is -0.580. The Morgan fingerprint density at radius 1 is 1.31 bits per heavy atom. The lowest BCUT2D eigenvalue weighted by Gasteiger charge is -2.07. The van der Waals surface area contributed by atoms with Crippen molar-refractivity contribution in [3.63, 3.8) is 0 Å². The second kappa shape index (κ2) is 4.73. The number of nitrogens with zero attached hydrogens (tertiary/aromatic N) is 1. The van der Waals surface area contributed by atoms with Crippen molar-refractivity contribution >= 4 is 38.9 Å². The quantitative estimate of drug-likeness (QED) is 0.780. The van der Waals surface area contributed by atoms with Crippen LogP contribution in [0, 0.1) is 13.8 Å². The molecule has 2 nitrogen and oxygen atoms in total. The molecule has 1 aromatic carbocycles. The van der Waals surface area contributed by atoms with E-state index in [0.29, 0.717) is 5.19 Å². The van der Waals surface area contributed by atoms with Crippen LogP contribution in [0.5, 0.6) is 10.9 Å². The average Bonchev–Trinajstić information content (AvgIpc) is 2.60. The molecule has 0 bridgehead atoms. The van der Waals surface area contributed by atoms with Gasteiger partial charge in [-0.1, -0.05) is 22.9 Å². The summed E-state index contributed by atoms with van der Waals surface area (Å²) >= 11 is 10.8. The summed E-state index contributed by atoms with van der Waals surface area (Å²) in [5.74, 6) is 0.765. The minimum absolute atomic E-state index is 0.619. The molecule has 0 unspecified atom stereocenters. The van der Waals surface area contributed by atoms with Crippen LogP contribution in [0.15, 0.2) is 22.1 Å². The van der Waals surface area contributed by atoms with E-state index in [1.54, 1.807) is 0 Å². The normalized spacial score (nSPS) is 10.5. The largest absolute Gasteiger partial charge is 0.431 e. The molecule has 0 radical (unpaired) electrons. The third kappa shape index (κ3) is 2.56. The Bertz CT molecular complexity index is 503. The van der Waals surface area contributed by atoms with Crippen molar-refractivity contribution in [3.8, 4) is 10.9 Å². The van der Waals surface area contributed by atoms with Gasteiger partial charge in [0.15, 0.2) is 0 Å². The third-order valence-electron chi connectivity index (χ3n) is 2.07. The monoisotopic (exact) mass is 317 g/mol. The van der Waals surface area contributed by atoms with Gasteiger partial charge >= 0.3 is 0 Å². The third-order valence-corrected chi connectivity index (χ3v) is 4.09. The van der Waals surface area contributed by atoms with Crippen LogP contribution in [0.25, 0.3) is 0 Å². The minimum Gasteiger partial charge on any atom is -0.431 e. The second-order valence-electron chi connectivity index (χ2n) is 3.41. The molecule has 1 heterocycles. The molecule has 5 heteroatoms. The highest BCUT2D eigenvalue weighted by atomic mass is 79.9. The number of benzene rings is 1. The molecule has 84 valence electrons. The van der Waals surface area contributed by atoms with Crippen LogP contribution in [0.3, 0.4) is 0 Å². The smallest absolute Gasteiger partial charge is 0.279 e. The SMILES string of the molecule is Cc1cc(Oc2nc(Br)cs2)cc(C)c1Cl. The molecule has 2 rings (SSSR count). The summed E-state index contributed by atoms with van der Waals surface area (Å²) in [7, 11) is 0. The zero-order valence-electron chi connectivity index (χ0n) is 8.75. The van der Waals surface area contributed by atoms with Gasteiger partial charge in [-0.25, -0.2) is 0 Å². The molecular formula is C11H9BrClNOS. The first kappa shape index (κ1) is 11.9. The fourth-order valence-corrected chi connectivity index (χ4v) is 2.57. The standard InChI is InChI=1S/C11H9BrClNOS/c1-6-3-8(4-7(2)10(6)13)15-11-14-9(12)5-16-11/h3-5H,1-2H3. The molecule has 2 aromatic rings. The van der Waals surface area contributed by atoms with Crippen LogP contribution < -0.4 is 4.74 Å². The topological polar surface area (TPSA) is 22.1 Å². The molecule has 0 aliphatic carbocycles. The zero-order chi connectivity index (χ0) is 11.7. The lowest BCUT2D eigenvalue weighted by molar-refractivity contribution is 0.477. The van der Waals surface area contributed by atoms with Crippen molar-refractivity contribution in [1.29, 1.82) is 0 Å². The van der Waals surface area contributed by atoms with Crippen LogP contribution in [-0.4, -0.2) is 4.98 Å². The molecule has 0 aliphatic rings. The molecule has 0 N–H and O–H groups in total. The van der Waals surface area contributed by atoms with Gasteiger partial charge < -0.3 is 4.74 Å². The maximum absolute atomic E-state index is 6.08. The van der Waals surface area contributed by atoms with Gasteiger partial charge in [0.25, 0.3) is 5.19 Å². The van der Waals surface area contributed by atoms with Crippen LogP contribution >= 0.6 is 38.9 Å². The van der Waals surface area contributed by atoms with E-state index in [9.17, 15) is 0 Å². The number of hydrogen-bond acceptors (Lipinski definition) is 3. The van der Waals surface area contributed by atoms with E-state index in [2.05, 4.69) is 20.9 Å². The van der Waals surface area contributed by atoms with E-state index in [0.717, 1.165) is 26.5 Å². The second-order valence-corrected chi connectivity index (χ2v) is 5.42. The van der Waals surface area contributed by atoms with E-state index in [1.807, 2.05) is 31.4 Å². The number of hydrogen-bond donors (Lipinski definition) is 0. The van der Waals surface area contributed by atoms with Crippen molar-refractivity contribution in [1.82, 2.24) is 4.98 Å². The lowest BCUT2D eigenvalue weighted by atomic mass is 10.1. The fourth-order valence-electron chi connectivity index (χ4n) is 1.35. The van der Waals surface area contributed by atoms with Gasteiger partial charge in [0.05, 0.1) is 0 Å². The summed E-state index contributed by atoms with van der Waals surface area (Å²) in [5.41, 5.74) is 2.01. The van der Waals surface area contributed by atoms with Gasteiger partial charge in [0.1, 0.15) is 10.4 Å². The van der Waals surface area contributed by atoms with Gasteiger partial charge in [-0.05, 0) is 53.0 Å². The zero-order valence-corrected chi connectivity index (χ0v) is 11.9. The van der Waals surface area contributed by atoms with Gasteiger partial charge in [0.2, 0.25) is 0 Å². The van der Waals surface area contributed by atoms with Crippen LogP contribution in [0.2, 0.25) is 5.02 Å². The Balaban J connectivity index is 2.28. The van der Waals surface area contributed by atoms with E-state index in [-0.39, 0.29) is 0 Å². The van der Waals surface area contributed by atoms with E-state index < -0.39 is 0 Å². The molecule has 0 atom stereocenters. The summed E-state index contributed by atoms with van der Waals surface area (Å²) in [4.78, 5) is 4.17. The van der Waals surface area contributed by atoms with Crippen molar-refractivity contribution in [2.24, 2.45) is 0 Å². The highest BCUT2D eigenvalue weighted by Crippen LogP contribution is 2.31. The highest BCUT2D eigenvalue weighted by Gasteiger charge is 2.06. The summed E-state index contributed by atoms with van der Waals surface area (Å²) in [6.45, 7) is 3.92. The number of aromatic nitrogens is 1. The van der Waals surface area contributed by atoms with Gasteiger partial charge in [0, 0.05) is 10.4 Å². The molecule has 0 fully saturated rings. The number of rotatable bonds is 2. The predicted octanol–water partition coefficient (Wildman–Crippen LogP) is 4.97. The van der Waals surface area contributed by atoms with E-state index in [1.165, 1.54) is 11.3 Å². The number of halogens is 2. The summed E-state index contributed by atoms with van der Waals surface area (Å²) < 4.78 is 6.42. The number of aryl methyl sites for hydroxylation is 2. The van der Waals surface area contributed by atoms with E-state index >= 15 is 0 Å². The lowest BCUT2D eigenvalue weighted by Crippen LogP contribution is -1.87. The molecule has 0 aliphatic heterocycles. The predicted molar refractivity (Wildman–Crippen MR) is 70.8 cm³/mol. The van der Waals surface area contributed by atoms with E-state index in [4.69, 9.17) is 16.3 Å². The highest BCUT2D eigenvalue weighted by molar-refractivity contribution is 9.10. The van der Waals surface area contributed by atoms with Crippen LogP contribution in [0.1, 0.15) is 11.1 Å². The minimum atomic E-state index is 0.619. The Labute approximate surface area is 111 Å². The number of ether oxygens (including phenoxy) is 1. The maximum atomic E-state index is 6.08. The van der Waals surface area contributed by atoms with Crippen molar-refractivity contribution in [2.45, 2.75) is 13.8 Å². The summed E-state index contributed by atoms with van der Waals surface area (Å²) in [6, 6.07) is 3.81. The van der Waals surface area contributed by atoms with Gasteiger partial charge in [-0.2, -0.15) is 4.98 Å². The Morgan fingerprint density at radius 3 is 2.44 bits per heavy atom. The first-order valence-corrected chi connectivity index (χ1v) is 6.67. The maximum Gasteiger partial charge on any atom is 0.279 e. The van der Waals surface area contributed by atoms with Gasteiger partial charge in [-0.15, -0.1) is 0 Å². The molecule has 0 spiro atoms.